The molecule has 5 heteroatoms. The zero-order chi connectivity index (χ0) is 11.6. The maximum Gasteiger partial charge on any atom is 0.336 e. The minimum absolute atomic E-state index is 0.0746. The third-order valence-corrected chi connectivity index (χ3v) is 3.09. The van der Waals surface area contributed by atoms with Crippen molar-refractivity contribution in [1.29, 1.82) is 0 Å². The van der Waals surface area contributed by atoms with Crippen LogP contribution in [0.3, 0.4) is 0 Å². The SMILES string of the molecule is CC(=O)C(Cl)c1cc(I)ccc1C(=O)O. The van der Waals surface area contributed by atoms with E-state index in [0.717, 1.165) is 3.57 Å². The van der Waals surface area contributed by atoms with Crippen molar-refractivity contribution in [1.82, 2.24) is 0 Å². The minimum Gasteiger partial charge on any atom is -0.478 e. The molecule has 0 aromatic heterocycles. The van der Waals surface area contributed by atoms with E-state index in [9.17, 15) is 9.59 Å². The molecule has 0 radical (unpaired) electrons. The Bertz CT molecular complexity index is 417. The number of aromatic carboxylic acids is 1. The van der Waals surface area contributed by atoms with E-state index in [4.69, 9.17) is 16.7 Å². The summed E-state index contributed by atoms with van der Waals surface area (Å²) < 4.78 is 0.847. The molecule has 1 rings (SSSR count). The fourth-order valence-electron chi connectivity index (χ4n) is 1.16. The van der Waals surface area contributed by atoms with Gasteiger partial charge in [0.15, 0.2) is 5.78 Å². The lowest BCUT2D eigenvalue weighted by atomic mass is 10.0. The molecule has 1 atom stereocenters. The molecule has 80 valence electrons. The molecule has 15 heavy (non-hydrogen) atoms. The number of halogens is 2. The average molecular weight is 339 g/mol. The maximum absolute atomic E-state index is 11.1. The van der Waals surface area contributed by atoms with Gasteiger partial charge in [0.05, 0.1) is 5.56 Å². The van der Waals surface area contributed by atoms with Gasteiger partial charge in [-0.05, 0) is 53.3 Å². The second kappa shape index (κ2) is 4.94. The molecule has 0 aliphatic heterocycles. The number of rotatable bonds is 3. The Morgan fingerprint density at radius 3 is 2.53 bits per heavy atom. The zero-order valence-electron chi connectivity index (χ0n) is 7.83. The van der Waals surface area contributed by atoms with Crippen molar-refractivity contribution in [3.63, 3.8) is 0 Å². The summed E-state index contributed by atoms with van der Waals surface area (Å²) in [4.78, 5) is 22.0. The number of benzene rings is 1. The molecule has 0 bridgehead atoms. The molecule has 1 N–H and O–H groups in total. The summed E-state index contributed by atoms with van der Waals surface area (Å²) in [6, 6.07) is 4.73. The standard InChI is InChI=1S/C10H8ClIO3/c1-5(13)9(11)8-4-6(12)2-3-7(8)10(14)15/h2-4,9H,1H3,(H,14,15). The van der Waals surface area contributed by atoms with Gasteiger partial charge in [0.1, 0.15) is 5.38 Å². The number of ketones is 1. The van der Waals surface area contributed by atoms with Gasteiger partial charge in [-0.15, -0.1) is 11.6 Å². The third kappa shape index (κ3) is 2.92. The topological polar surface area (TPSA) is 54.4 Å². The summed E-state index contributed by atoms with van der Waals surface area (Å²) in [6.45, 7) is 1.34. The largest absolute Gasteiger partial charge is 0.478 e. The Labute approximate surface area is 106 Å². The monoisotopic (exact) mass is 338 g/mol. The Morgan fingerprint density at radius 1 is 1.47 bits per heavy atom. The number of carboxylic acid groups (broad SMARTS) is 1. The van der Waals surface area contributed by atoms with Gasteiger partial charge in [0, 0.05) is 3.57 Å². The fraction of sp³-hybridized carbons (Fsp3) is 0.200. The third-order valence-electron chi connectivity index (χ3n) is 1.87. The van der Waals surface area contributed by atoms with Crippen LogP contribution in [0.4, 0.5) is 0 Å². The van der Waals surface area contributed by atoms with Crippen molar-refractivity contribution in [2.45, 2.75) is 12.3 Å². The highest BCUT2D eigenvalue weighted by Crippen LogP contribution is 2.26. The summed E-state index contributed by atoms with van der Waals surface area (Å²) >= 11 is 7.89. The van der Waals surface area contributed by atoms with Crippen LogP contribution in [-0.2, 0) is 4.79 Å². The molecule has 3 nitrogen and oxygen atoms in total. The zero-order valence-corrected chi connectivity index (χ0v) is 10.7. The van der Waals surface area contributed by atoms with Gasteiger partial charge in [0.25, 0.3) is 0 Å². The number of hydrogen-bond donors (Lipinski definition) is 1. The van der Waals surface area contributed by atoms with Crippen LogP contribution in [-0.4, -0.2) is 16.9 Å². The Kier molecular flexibility index (Phi) is 4.10. The first kappa shape index (κ1) is 12.4. The summed E-state index contributed by atoms with van der Waals surface area (Å²) in [5, 5.41) is 8.02. The molecule has 1 aromatic rings. The molecule has 1 aromatic carbocycles. The highest BCUT2D eigenvalue weighted by Gasteiger charge is 2.20. The van der Waals surface area contributed by atoms with E-state index in [0.29, 0.717) is 5.56 Å². The number of carboxylic acids is 1. The van der Waals surface area contributed by atoms with Crippen molar-refractivity contribution in [2.24, 2.45) is 0 Å². The molecule has 0 aliphatic rings. The smallest absolute Gasteiger partial charge is 0.336 e. The average Bonchev–Trinajstić information content (AvgIpc) is 2.15. The molecule has 0 spiro atoms. The van der Waals surface area contributed by atoms with Crippen molar-refractivity contribution in [3.8, 4) is 0 Å². The van der Waals surface area contributed by atoms with E-state index in [2.05, 4.69) is 0 Å². The van der Waals surface area contributed by atoms with E-state index in [-0.39, 0.29) is 11.3 Å². The van der Waals surface area contributed by atoms with Gasteiger partial charge < -0.3 is 5.11 Å². The van der Waals surface area contributed by atoms with Crippen LogP contribution in [0.1, 0.15) is 28.2 Å². The molecule has 0 saturated carbocycles. The Morgan fingerprint density at radius 2 is 2.07 bits per heavy atom. The number of carbonyl (C=O) groups excluding carboxylic acids is 1. The van der Waals surface area contributed by atoms with Crippen molar-refractivity contribution >= 4 is 45.9 Å². The second-order valence-electron chi connectivity index (χ2n) is 3.01. The lowest BCUT2D eigenvalue weighted by Crippen LogP contribution is -2.09. The molecule has 0 aliphatic carbocycles. The van der Waals surface area contributed by atoms with E-state index in [1.165, 1.54) is 13.0 Å². The highest BCUT2D eigenvalue weighted by atomic mass is 127. The van der Waals surface area contributed by atoms with Crippen LogP contribution in [0.15, 0.2) is 18.2 Å². The van der Waals surface area contributed by atoms with Gasteiger partial charge in [-0.3, -0.25) is 4.79 Å². The maximum atomic E-state index is 11.1. The van der Waals surface area contributed by atoms with Crippen molar-refractivity contribution in [2.75, 3.05) is 0 Å². The first-order valence-corrected chi connectivity index (χ1v) is 5.62. The Balaban J connectivity index is 3.30. The van der Waals surface area contributed by atoms with Crippen LogP contribution < -0.4 is 0 Å². The van der Waals surface area contributed by atoms with Crippen LogP contribution in [0.5, 0.6) is 0 Å². The summed E-state index contributed by atoms with van der Waals surface area (Å²) in [5.41, 5.74) is 0.425. The Hall–Kier alpha value is -0.620. The van der Waals surface area contributed by atoms with Crippen molar-refractivity contribution in [3.05, 3.63) is 32.9 Å². The highest BCUT2D eigenvalue weighted by molar-refractivity contribution is 14.1. The number of Topliss-reactive ketones (excluding diaryl/α,β-unsaturated/α-hetero) is 1. The van der Waals surface area contributed by atoms with Crippen LogP contribution in [0.2, 0.25) is 0 Å². The summed E-state index contributed by atoms with van der Waals surface area (Å²) in [6.07, 6.45) is 0. The second-order valence-corrected chi connectivity index (χ2v) is 4.69. The van der Waals surface area contributed by atoms with E-state index < -0.39 is 11.3 Å². The van der Waals surface area contributed by atoms with Crippen LogP contribution in [0.25, 0.3) is 0 Å². The number of alkyl halides is 1. The van der Waals surface area contributed by atoms with E-state index >= 15 is 0 Å². The normalized spacial score (nSPS) is 12.2. The van der Waals surface area contributed by atoms with Gasteiger partial charge in [-0.25, -0.2) is 4.79 Å². The van der Waals surface area contributed by atoms with Gasteiger partial charge in [0.2, 0.25) is 0 Å². The van der Waals surface area contributed by atoms with Gasteiger partial charge in [-0.2, -0.15) is 0 Å². The molecule has 0 heterocycles. The van der Waals surface area contributed by atoms with Crippen LogP contribution in [0, 0.1) is 3.57 Å². The van der Waals surface area contributed by atoms with Gasteiger partial charge in [-0.1, -0.05) is 0 Å². The number of carbonyl (C=O) groups is 2. The van der Waals surface area contributed by atoms with Gasteiger partial charge >= 0.3 is 5.97 Å². The quantitative estimate of drug-likeness (QED) is 0.681. The predicted molar refractivity (Wildman–Crippen MR) is 65.4 cm³/mol. The first-order chi connectivity index (χ1) is 6.93. The lowest BCUT2D eigenvalue weighted by Gasteiger charge is -2.10. The first-order valence-electron chi connectivity index (χ1n) is 4.10. The fourth-order valence-corrected chi connectivity index (χ4v) is 1.85. The molecule has 0 saturated heterocycles. The molecular weight excluding hydrogens is 330 g/mol. The predicted octanol–water partition coefficient (Wildman–Crippen LogP) is 2.86. The van der Waals surface area contributed by atoms with E-state index in [1.807, 2.05) is 22.6 Å². The number of hydrogen-bond acceptors (Lipinski definition) is 2. The van der Waals surface area contributed by atoms with Crippen LogP contribution >= 0.6 is 34.2 Å². The summed E-state index contributed by atoms with van der Waals surface area (Å²) in [5.74, 6) is -1.34. The molecule has 1 unspecified atom stereocenters. The molecular formula is C10H8ClIO3. The molecule has 0 fully saturated rings. The molecule has 0 amide bonds. The lowest BCUT2D eigenvalue weighted by molar-refractivity contribution is -0.116. The summed E-state index contributed by atoms with van der Waals surface area (Å²) in [7, 11) is 0. The van der Waals surface area contributed by atoms with E-state index in [1.54, 1.807) is 12.1 Å². The minimum atomic E-state index is -1.08. The van der Waals surface area contributed by atoms with Crippen molar-refractivity contribution < 1.29 is 14.7 Å².